The number of piperazine rings is 1. The maximum Gasteiger partial charge on any atom is 0.246 e. The van der Waals surface area contributed by atoms with Gasteiger partial charge in [-0.25, -0.2) is 0 Å². The van der Waals surface area contributed by atoms with E-state index in [0.29, 0.717) is 13.2 Å². The van der Waals surface area contributed by atoms with Gasteiger partial charge in [0.05, 0.1) is 19.5 Å². The highest BCUT2D eigenvalue weighted by atomic mass is 16.5. The van der Waals surface area contributed by atoms with Gasteiger partial charge in [0.2, 0.25) is 5.91 Å². The van der Waals surface area contributed by atoms with Crippen molar-refractivity contribution in [2.45, 2.75) is 27.7 Å². The second-order valence-electron chi connectivity index (χ2n) is 8.47. The van der Waals surface area contributed by atoms with Crippen LogP contribution in [0.2, 0.25) is 0 Å². The van der Waals surface area contributed by atoms with Crippen LogP contribution in [0.25, 0.3) is 27.7 Å². The third kappa shape index (κ3) is 5.12. The van der Waals surface area contributed by atoms with Crippen molar-refractivity contribution in [2.75, 3.05) is 45.9 Å². The number of ether oxygens (including phenoxy) is 2. The van der Waals surface area contributed by atoms with Crippen LogP contribution in [-0.2, 0) is 4.79 Å². The number of hydrogen-bond donors (Lipinski definition) is 0. The van der Waals surface area contributed by atoms with E-state index in [4.69, 9.17) is 13.9 Å². The first kappa shape index (κ1) is 23.9. The van der Waals surface area contributed by atoms with Crippen LogP contribution in [0.15, 0.2) is 53.2 Å². The predicted octanol–water partition coefficient (Wildman–Crippen LogP) is 5.46. The molecule has 4 rings (SSSR count). The Hall–Kier alpha value is -3.25. The maximum absolute atomic E-state index is 13.0. The van der Waals surface area contributed by atoms with Gasteiger partial charge in [0, 0.05) is 54.8 Å². The van der Waals surface area contributed by atoms with Crippen LogP contribution in [-0.4, -0.2) is 61.6 Å². The van der Waals surface area contributed by atoms with E-state index >= 15 is 0 Å². The van der Waals surface area contributed by atoms with Gasteiger partial charge in [-0.3, -0.25) is 4.79 Å². The number of carbonyl (C=O) groups excluding carboxylic acids is 1. The van der Waals surface area contributed by atoms with Crippen LogP contribution in [0.3, 0.4) is 0 Å². The Balaban J connectivity index is 1.66. The molecule has 0 N–H and O–H groups in total. The number of benzene rings is 2. The van der Waals surface area contributed by atoms with Crippen molar-refractivity contribution in [3.63, 3.8) is 0 Å². The lowest BCUT2D eigenvalue weighted by atomic mass is 9.99. The molecule has 180 valence electrons. The minimum absolute atomic E-state index is 0.0507. The Morgan fingerprint density at radius 3 is 2.35 bits per heavy atom. The number of nitrogens with zero attached hydrogens (tertiary/aromatic N) is 2. The molecule has 1 fully saturated rings. The van der Waals surface area contributed by atoms with E-state index in [2.05, 4.69) is 17.9 Å². The lowest BCUT2D eigenvalue weighted by Gasteiger charge is -2.33. The number of carbonyl (C=O) groups is 1. The third-order valence-corrected chi connectivity index (χ3v) is 6.35. The molecule has 0 radical (unpaired) electrons. The first-order valence-corrected chi connectivity index (χ1v) is 12.1. The van der Waals surface area contributed by atoms with Gasteiger partial charge in [0.1, 0.15) is 17.1 Å². The maximum atomic E-state index is 13.0. The monoisotopic (exact) mass is 462 g/mol. The Bertz CT molecular complexity index is 1160. The molecule has 34 heavy (non-hydrogen) atoms. The summed E-state index contributed by atoms with van der Waals surface area (Å²) in [5, 5.41) is 0.986. The molecule has 6 heteroatoms. The Labute approximate surface area is 201 Å². The lowest BCUT2D eigenvalue weighted by Crippen LogP contribution is -2.48. The summed E-state index contributed by atoms with van der Waals surface area (Å²) in [6.07, 6.45) is 3.51. The summed E-state index contributed by atoms with van der Waals surface area (Å²) in [5.74, 6) is 1.62. The van der Waals surface area contributed by atoms with Crippen molar-refractivity contribution < 1.29 is 18.7 Å². The fraction of sp³-hybridized carbons (Fsp3) is 0.393. The van der Waals surface area contributed by atoms with Gasteiger partial charge in [-0.2, -0.15) is 0 Å². The molecule has 1 aromatic heterocycles. The molecule has 2 aromatic carbocycles. The van der Waals surface area contributed by atoms with Crippen LogP contribution in [0, 0.1) is 0 Å². The molecule has 1 aliphatic rings. The van der Waals surface area contributed by atoms with Gasteiger partial charge in [-0.05, 0) is 56.7 Å². The topological polar surface area (TPSA) is 55.2 Å². The van der Waals surface area contributed by atoms with Crippen LogP contribution < -0.4 is 9.47 Å². The standard InChI is InChI=1S/C28H34N2O4/c1-5-29-12-14-30(15-13-29)28(31)16-20(4)23-17-24-25(19-34-27(24)18-26(23)33-7-3)21-8-10-22(11-9-21)32-6-2/h8-11,16-19H,5-7,12-15H2,1-4H3/b20-16+. The Morgan fingerprint density at radius 2 is 1.71 bits per heavy atom. The molecule has 6 nitrogen and oxygen atoms in total. The fourth-order valence-corrected chi connectivity index (χ4v) is 4.40. The summed E-state index contributed by atoms with van der Waals surface area (Å²) >= 11 is 0. The molecule has 0 bridgehead atoms. The van der Waals surface area contributed by atoms with Gasteiger partial charge in [-0.15, -0.1) is 0 Å². The highest BCUT2D eigenvalue weighted by Crippen LogP contribution is 2.38. The van der Waals surface area contributed by atoms with E-state index in [9.17, 15) is 4.79 Å². The molecule has 0 unspecified atom stereocenters. The van der Waals surface area contributed by atoms with E-state index < -0.39 is 0 Å². The zero-order chi connectivity index (χ0) is 24.1. The van der Waals surface area contributed by atoms with Crippen molar-refractivity contribution in [1.82, 2.24) is 9.80 Å². The summed E-state index contributed by atoms with van der Waals surface area (Å²) in [4.78, 5) is 17.3. The average Bonchev–Trinajstić information content (AvgIpc) is 3.27. The van der Waals surface area contributed by atoms with Gasteiger partial charge < -0.3 is 23.7 Å². The molecule has 2 heterocycles. The number of likely N-dealkylation sites (N-methyl/N-ethyl adjacent to an activating group) is 1. The molecular weight excluding hydrogens is 428 g/mol. The van der Waals surface area contributed by atoms with Gasteiger partial charge in [0.25, 0.3) is 0 Å². The van der Waals surface area contributed by atoms with Crippen molar-refractivity contribution in [2.24, 2.45) is 0 Å². The molecule has 0 spiro atoms. The predicted molar refractivity (Wildman–Crippen MR) is 136 cm³/mol. The van der Waals surface area contributed by atoms with E-state index in [-0.39, 0.29) is 5.91 Å². The number of amides is 1. The number of fused-ring (bicyclic) bond motifs is 1. The van der Waals surface area contributed by atoms with E-state index in [1.54, 1.807) is 12.3 Å². The molecule has 0 aliphatic carbocycles. The number of furan rings is 1. The van der Waals surface area contributed by atoms with Crippen molar-refractivity contribution >= 4 is 22.4 Å². The summed E-state index contributed by atoms with van der Waals surface area (Å²) < 4.78 is 17.4. The van der Waals surface area contributed by atoms with Crippen LogP contribution in [0.1, 0.15) is 33.3 Å². The summed E-state index contributed by atoms with van der Waals surface area (Å²) in [6, 6.07) is 12.0. The first-order valence-electron chi connectivity index (χ1n) is 12.1. The molecular formula is C28H34N2O4. The fourth-order valence-electron chi connectivity index (χ4n) is 4.40. The summed E-state index contributed by atoms with van der Waals surface area (Å²) in [7, 11) is 0. The summed E-state index contributed by atoms with van der Waals surface area (Å²) in [5.41, 5.74) is 4.59. The first-order chi connectivity index (χ1) is 16.5. The average molecular weight is 463 g/mol. The SMILES string of the molecule is CCOc1ccc(-c2coc3cc(OCC)c(/C(C)=C/C(=O)N4CCN(CC)CC4)cc23)cc1. The number of allylic oxidation sites excluding steroid dienone is 1. The van der Waals surface area contributed by atoms with Crippen LogP contribution >= 0.6 is 0 Å². The molecule has 0 atom stereocenters. The minimum Gasteiger partial charge on any atom is -0.494 e. The van der Waals surface area contributed by atoms with Gasteiger partial charge >= 0.3 is 0 Å². The van der Waals surface area contributed by atoms with Crippen LogP contribution in [0.4, 0.5) is 0 Å². The second-order valence-corrected chi connectivity index (χ2v) is 8.47. The zero-order valence-corrected chi connectivity index (χ0v) is 20.6. The normalized spacial score (nSPS) is 15.1. The van der Waals surface area contributed by atoms with Gasteiger partial charge in [0.15, 0.2) is 0 Å². The summed E-state index contributed by atoms with van der Waals surface area (Å²) in [6.45, 7) is 13.6. The highest BCUT2D eigenvalue weighted by molar-refractivity contribution is 6.00. The minimum atomic E-state index is 0.0507. The quantitative estimate of drug-likeness (QED) is 0.416. The zero-order valence-electron chi connectivity index (χ0n) is 20.6. The van der Waals surface area contributed by atoms with E-state index in [1.165, 1.54) is 0 Å². The smallest absolute Gasteiger partial charge is 0.246 e. The molecule has 1 amide bonds. The Kier molecular flexibility index (Phi) is 7.58. The third-order valence-electron chi connectivity index (χ3n) is 6.35. The van der Waals surface area contributed by atoms with E-state index in [0.717, 1.165) is 77.5 Å². The molecule has 1 saturated heterocycles. The van der Waals surface area contributed by atoms with E-state index in [1.807, 2.05) is 56.0 Å². The number of rotatable bonds is 8. The van der Waals surface area contributed by atoms with Crippen molar-refractivity contribution in [3.8, 4) is 22.6 Å². The Morgan fingerprint density at radius 1 is 1.00 bits per heavy atom. The van der Waals surface area contributed by atoms with Crippen molar-refractivity contribution in [1.29, 1.82) is 0 Å². The van der Waals surface area contributed by atoms with Crippen molar-refractivity contribution in [3.05, 3.63) is 54.3 Å². The lowest BCUT2D eigenvalue weighted by molar-refractivity contribution is -0.127. The van der Waals surface area contributed by atoms with Gasteiger partial charge in [-0.1, -0.05) is 19.1 Å². The largest absolute Gasteiger partial charge is 0.494 e. The molecule has 3 aromatic rings. The molecule has 1 aliphatic heterocycles. The number of hydrogen-bond acceptors (Lipinski definition) is 5. The van der Waals surface area contributed by atoms with Crippen LogP contribution in [0.5, 0.6) is 11.5 Å². The highest BCUT2D eigenvalue weighted by Gasteiger charge is 2.20. The molecule has 0 saturated carbocycles. The second kappa shape index (κ2) is 10.8.